The maximum atomic E-state index is 12.1. The number of hydrogen-bond acceptors (Lipinski definition) is 4. The van der Waals surface area contributed by atoms with Crippen molar-refractivity contribution in [1.29, 1.82) is 0 Å². The maximum Gasteiger partial charge on any atom is 0.262 e. The van der Waals surface area contributed by atoms with Crippen molar-refractivity contribution >= 4 is 23.2 Å². The fraction of sp³-hybridized carbons (Fsp3) is 0.333. The van der Waals surface area contributed by atoms with E-state index in [1.807, 2.05) is 50.5 Å². The summed E-state index contributed by atoms with van der Waals surface area (Å²) in [5, 5.41) is 2.85. The molecule has 2 amide bonds. The Morgan fingerprint density at radius 2 is 1.96 bits per heavy atom. The Bertz CT molecular complexity index is 803. The van der Waals surface area contributed by atoms with E-state index in [1.54, 1.807) is 17.0 Å². The number of ether oxygens (including phenoxy) is 1. The van der Waals surface area contributed by atoms with Crippen molar-refractivity contribution < 1.29 is 14.3 Å². The van der Waals surface area contributed by atoms with Crippen LogP contribution in [-0.2, 0) is 16.1 Å². The summed E-state index contributed by atoms with van der Waals surface area (Å²) < 4.78 is 5.56. The Kier molecular flexibility index (Phi) is 6.08. The van der Waals surface area contributed by atoms with Crippen molar-refractivity contribution in [3.8, 4) is 5.75 Å². The molecule has 1 N–H and O–H groups in total. The summed E-state index contributed by atoms with van der Waals surface area (Å²) >= 11 is 0. The third-order valence-electron chi connectivity index (χ3n) is 4.30. The maximum absolute atomic E-state index is 12.1. The first-order valence-corrected chi connectivity index (χ1v) is 9.08. The monoisotopic (exact) mass is 367 g/mol. The molecule has 142 valence electrons. The molecule has 1 fully saturated rings. The lowest BCUT2D eigenvalue weighted by molar-refractivity contribution is -0.118. The molecule has 3 rings (SSSR count). The fourth-order valence-electron chi connectivity index (χ4n) is 3.10. The van der Waals surface area contributed by atoms with Crippen molar-refractivity contribution in [3.63, 3.8) is 0 Å². The molecule has 1 aliphatic rings. The number of carbonyl (C=O) groups excluding carboxylic acids is 2. The smallest absolute Gasteiger partial charge is 0.262 e. The molecular formula is C21H25N3O3. The summed E-state index contributed by atoms with van der Waals surface area (Å²) in [5.74, 6) is 0.539. The predicted octanol–water partition coefficient (Wildman–Crippen LogP) is 2.89. The Morgan fingerprint density at radius 1 is 1.19 bits per heavy atom. The van der Waals surface area contributed by atoms with E-state index in [1.165, 1.54) is 0 Å². The van der Waals surface area contributed by atoms with Gasteiger partial charge in [0.05, 0.1) is 0 Å². The molecule has 1 heterocycles. The van der Waals surface area contributed by atoms with E-state index in [0.29, 0.717) is 12.2 Å². The van der Waals surface area contributed by atoms with Gasteiger partial charge in [-0.3, -0.25) is 9.59 Å². The zero-order chi connectivity index (χ0) is 19.2. The van der Waals surface area contributed by atoms with Crippen LogP contribution in [0.15, 0.2) is 48.5 Å². The molecule has 0 aromatic heterocycles. The molecule has 27 heavy (non-hydrogen) atoms. The number of nitrogens with one attached hydrogen (secondary N) is 1. The van der Waals surface area contributed by atoms with Gasteiger partial charge in [-0.1, -0.05) is 12.1 Å². The van der Waals surface area contributed by atoms with E-state index >= 15 is 0 Å². The van der Waals surface area contributed by atoms with Gasteiger partial charge in [0.2, 0.25) is 5.91 Å². The van der Waals surface area contributed by atoms with E-state index in [9.17, 15) is 9.59 Å². The molecule has 0 bridgehead atoms. The van der Waals surface area contributed by atoms with Gasteiger partial charge in [-0.2, -0.15) is 0 Å². The second-order valence-electron chi connectivity index (χ2n) is 6.92. The van der Waals surface area contributed by atoms with Crippen molar-refractivity contribution in [1.82, 2.24) is 4.90 Å². The number of carbonyl (C=O) groups is 2. The molecule has 1 aliphatic heterocycles. The minimum absolute atomic E-state index is 0.0695. The molecule has 0 aliphatic carbocycles. The zero-order valence-corrected chi connectivity index (χ0v) is 15.8. The van der Waals surface area contributed by atoms with Gasteiger partial charge in [0, 0.05) is 30.9 Å². The van der Waals surface area contributed by atoms with Gasteiger partial charge in [-0.25, -0.2) is 0 Å². The highest BCUT2D eigenvalue weighted by Gasteiger charge is 2.21. The average molecular weight is 367 g/mol. The Hall–Kier alpha value is -2.86. The number of hydrogen-bond donors (Lipinski definition) is 1. The highest BCUT2D eigenvalue weighted by atomic mass is 16.5. The molecule has 0 unspecified atom stereocenters. The summed E-state index contributed by atoms with van der Waals surface area (Å²) in [6.45, 7) is 1.50. The second-order valence-corrected chi connectivity index (χ2v) is 6.92. The number of amides is 2. The van der Waals surface area contributed by atoms with Gasteiger partial charge in [0.25, 0.3) is 5.91 Å². The van der Waals surface area contributed by atoms with Crippen LogP contribution in [0, 0.1) is 0 Å². The largest absolute Gasteiger partial charge is 0.484 e. The predicted molar refractivity (Wildman–Crippen MR) is 106 cm³/mol. The molecule has 0 saturated carbocycles. The zero-order valence-electron chi connectivity index (χ0n) is 15.8. The summed E-state index contributed by atoms with van der Waals surface area (Å²) in [4.78, 5) is 27.8. The van der Waals surface area contributed by atoms with Crippen LogP contribution in [0.25, 0.3) is 0 Å². The first kappa shape index (κ1) is 18.9. The minimum atomic E-state index is -0.212. The lowest BCUT2D eigenvalue weighted by Crippen LogP contribution is -2.23. The summed E-state index contributed by atoms with van der Waals surface area (Å²) in [5.41, 5.74) is 2.75. The second kappa shape index (κ2) is 8.68. The van der Waals surface area contributed by atoms with Gasteiger partial charge in [-0.15, -0.1) is 0 Å². The molecule has 2 aromatic carbocycles. The quantitative estimate of drug-likeness (QED) is 0.817. The van der Waals surface area contributed by atoms with Crippen LogP contribution >= 0.6 is 0 Å². The van der Waals surface area contributed by atoms with Crippen molar-refractivity contribution in [2.45, 2.75) is 19.4 Å². The van der Waals surface area contributed by atoms with Crippen molar-refractivity contribution in [3.05, 3.63) is 54.1 Å². The fourth-order valence-corrected chi connectivity index (χ4v) is 3.10. The molecule has 6 nitrogen and oxygen atoms in total. The van der Waals surface area contributed by atoms with E-state index in [2.05, 4.69) is 10.2 Å². The summed E-state index contributed by atoms with van der Waals surface area (Å²) in [6.07, 6.45) is 1.50. The normalized spacial score (nSPS) is 13.9. The van der Waals surface area contributed by atoms with Crippen molar-refractivity contribution in [2.75, 3.05) is 37.5 Å². The van der Waals surface area contributed by atoms with E-state index in [4.69, 9.17) is 4.74 Å². The van der Waals surface area contributed by atoms with Crippen LogP contribution in [0.5, 0.6) is 5.75 Å². The van der Waals surface area contributed by atoms with E-state index in [0.717, 1.165) is 36.4 Å². The Labute approximate surface area is 159 Å². The number of nitrogens with zero attached hydrogens (tertiary/aromatic N) is 2. The number of anilines is 2. The van der Waals surface area contributed by atoms with E-state index < -0.39 is 0 Å². The summed E-state index contributed by atoms with van der Waals surface area (Å²) in [7, 11) is 4.01. The lowest BCUT2D eigenvalue weighted by Gasteiger charge is -2.16. The highest BCUT2D eigenvalue weighted by Crippen LogP contribution is 2.23. The van der Waals surface area contributed by atoms with Gasteiger partial charge in [0.1, 0.15) is 5.75 Å². The topological polar surface area (TPSA) is 61.9 Å². The van der Waals surface area contributed by atoms with Crippen LogP contribution < -0.4 is 15.0 Å². The van der Waals surface area contributed by atoms with E-state index in [-0.39, 0.29) is 18.4 Å². The van der Waals surface area contributed by atoms with Crippen molar-refractivity contribution in [2.24, 2.45) is 0 Å². The van der Waals surface area contributed by atoms with Gasteiger partial charge >= 0.3 is 0 Å². The van der Waals surface area contributed by atoms with Gasteiger partial charge in [-0.05, 0) is 62.5 Å². The molecule has 0 atom stereocenters. The third kappa shape index (κ3) is 5.31. The Morgan fingerprint density at radius 3 is 2.63 bits per heavy atom. The SMILES string of the molecule is CN(C)Cc1cccc(NC(=O)COc2ccc(N3CCCC3=O)cc2)c1. The average Bonchev–Trinajstić information content (AvgIpc) is 3.06. The number of rotatable bonds is 7. The summed E-state index contributed by atoms with van der Waals surface area (Å²) in [6, 6.07) is 15.0. The lowest BCUT2D eigenvalue weighted by atomic mass is 10.2. The molecular weight excluding hydrogens is 342 g/mol. The van der Waals surface area contributed by atoms with Crippen LogP contribution in [0.4, 0.5) is 11.4 Å². The third-order valence-corrected chi connectivity index (χ3v) is 4.30. The van der Waals surface area contributed by atoms with Crippen LogP contribution in [0.1, 0.15) is 18.4 Å². The Balaban J connectivity index is 1.51. The number of benzene rings is 2. The molecule has 2 aromatic rings. The first-order chi connectivity index (χ1) is 13.0. The first-order valence-electron chi connectivity index (χ1n) is 9.08. The molecule has 1 saturated heterocycles. The minimum Gasteiger partial charge on any atom is -0.484 e. The molecule has 6 heteroatoms. The van der Waals surface area contributed by atoms with Gasteiger partial charge in [0.15, 0.2) is 6.61 Å². The van der Waals surface area contributed by atoms with Crippen LogP contribution in [0.3, 0.4) is 0 Å². The molecule has 0 spiro atoms. The highest BCUT2D eigenvalue weighted by molar-refractivity contribution is 5.95. The van der Waals surface area contributed by atoms with Crippen LogP contribution in [0.2, 0.25) is 0 Å². The standard InChI is InChI=1S/C21H25N3O3/c1-23(2)14-16-5-3-6-17(13-16)22-20(25)15-27-19-10-8-18(9-11-19)24-12-4-7-21(24)26/h3,5-6,8-11,13H,4,7,12,14-15H2,1-2H3,(H,22,25). The molecule has 0 radical (unpaired) electrons. The van der Waals surface area contributed by atoms with Gasteiger partial charge < -0.3 is 19.9 Å². The van der Waals surface area contributed by atoms with Crippen LogP contribution in [-0.4, -0.2) is 44.0 Å².